The Balaban J connectivity index is 1.56. The van der Waals surface area contributed by atoms with E-state index in [-0.39, 0.29) is 0 Å². The Morgan fingerprint density at radius 3 is 2.61 bits per heavy atom. The lowest BCUT2D eigenvalue weighted by molar-refractivity contribution is 0.0898. The molecular weight excluding hydrogens is 432 g/mol. The molecule has 2 aromatic heterocycles. The average molecular weight is 466 g/mol. The van der Waals surface area contributed by atoms with Crippen LogP contribution in [0.1, 0.15) is 39.0 Å². The van der Waals surface area contributed by atoms with Crippen molar-refractivity contribution in [1.29, 1.82) is 0 Å². The van der Waals surface area contributed by atoms with E-state index in [1.165, 1.54) is 38.1 Å². The van der Waals surface area contributed by atoms with E-state index in [2.05, 4.69) is 58.2 Å². The highest BCUT2D eigenvalue weighted by molar-refractivity contribution is 9.10. The number of anilines is 1. The van der Waals surface area contributed by atoms with Crippen LogP contribution in [0.25, 0.3) is 11.2 Å². The summed E-state index contributed by atoms with van der Waals surface area (Å²) in [7, 11) is -1.07. The van der Waals surface area contributed by atoms with Crippen molar-refractivity contribution in [2.45, 2.75) is 83.5 Å². The Kier molecular flexibility index (Phi) is 5.87. The summed E-state index contributed by atoms with van der Waals surface area (Å²) >= 11 is 3.65. The Morgan fingerprint density at radius 2 is 1.93 bits per heavy atom. The number of hydrogen-bond donors (Lipinski definition) is 0. The minimum Gasteiger partial charge on any atom is -0.361 e. The van der Waals surface area contributed by atoms with Crippen LogP contribution < -0.4 is 4.90 Å². The molecule has 2 saturated heterocycles. The molecule has 0 aromatic carbocycles. The van der Waals surface area contributed by atoms with Gasteiger partial charge in [0, 0.05) is 33.0 Å². The van der Waals surface area contributed by atoms with Gasteiger partial charge in [-0.2, -0.15) is 0 Å². The van der Waals surface area contributed by atoms with Gasteiger partial charge < -0.3 is 14.2 Å². The van der Waals surface area contributed by atoms with Crippen LogP contribution >= 0.6 is 15.9 Å². The van der Waals surface area contributed by atoms with E-state index in [1.807, 2.05) is 6.20 Å². The molecule has 2 aliphatic rings. The van der Waals surface area contributed by atoms with Crippen molar-refractivity contribution in [2.75, 3.05) is 11.5 Å². The van der Waals surface area contributed by atoms with E-state index >= 15 is 0 Å². The van der Waals surface area contributed by atoms with Crippen molar-refractivity contribution >= 4 is 41.0 Å². The molecular formula is C21H33BrN4OSi. The maximum atomic E-state index is 5.99. The summed E-state index contributed by atoms with van der Waals surface area (Å²) in [6, 6.07) is 2.42. The van der Waals surface area contributed by atoms with Crippen LogP contribution in [0, 0.1) is 5.92 Å². The number of rotatable bonds is 6. The lowest BCUT2D eigenvalue weighted by Crippen LogP contribution is -2.52. The first-order chi connectivity index (χ1) is 13.3. The highest BCUT2D eigenvalue weighted by Gasteiger charge is 2.37. The molecule has 2 aliphatic heterocycles. The third kappa shape index (κ3) is 4.31. The van der Waals surface area contributed by atoms with Crippen molar-refractivity contribution in [3.63, 3.8) is 0 Å². The maximum absolute atomic E-state index is 5.99. The molecule has 4 rings (SSSR count). The molecule has 2 atom stereocenters. The fourth-order valence-electron chi connectivity index (χ4n) is 4.79. The molecule has 2 fully saturated rings. The smallest absolute Gasteiger partial charge is 0.164 e. The quantitative estimate of drug-likeness (QED) is 0.408. The fourth-order valence-corrected chi connectivity index (χ4v) is 6.07. The van der Waals surface area contributed by atoms with Crippen molar-refractivity contribution < 1.29 is 4.74 Å². The van der Waals surface area contributed by atoms with Gasteiger partial charge in [-0.25, -0.2) is 9.97 Å². The summed E-state index contributed by atoms with van der Waals surface area (Å²) in [6.07, 6.45) is 10.5. The number of nitrogens with zero attached hydrogens (tertiary/aromatic N) is 4. The van der Waals surface area contributed by atoms with Crippen LogP contribution in [-0.4, -0.2) is 41.3 Å². The monoisotopic (exact) mass is 464 g/mol. The number of piperidine rings is 2. The summed E-state index contributed by atoms with van der Waals surface area (Å²) in [5.74, 6) is 1.86. The second-order valence-electron chi connectivity index (χ2n) is 9.92. The van der Waals surface area contributed by atoms with E-state index < -0.39 is 8.07 Å². The van der Waals surface area contributed by atoms with Gasteiger partial charge in [0.05, 0.1) is 10.7 Å². The zero-order valence-corrected chi connectivity index (χ0v) is 20.2. The van der Waals surface area contributed by atoms with E-state index in [4.69, 9.17) is 14.7 Å². The molecule has 2 bridgehead atoms. The molecule has 0 aliphatic carbocycles. The molecule has 0 amide bonds. The lowest BCUT2D eigenvalue weighted by Gasteiger charge is -2.49. The van der Waals surface area contributed by atoms with E-state index in [0.717, 1.165) is 34.0 Å². The molecule has 28 heavy (non-hydrogen) atoms. The number of halogens is 1. The van der Waals surface area contributed by atoms with E-state index in [1.54, 1.807) is 0 Å². The first-order valence-electron chi connectivity index (χ1n) is 10.7. The fraction of sp³-hybridized carbons (Fsp3) is 0.714. The summed E-state index contributed by atoms with van der Waals surface area (Å²) in [5, 5.41) is 0. The van der Waals surface area contributed by atoms with Crippen molar-refractivity contribution in [3.05, 3.63) is 16.9 Å². The van der Waals surface area contributed by atoms with Gasteiger partial charge >= 0.3 is 0 Å². The van der Waals surface area contributed by atoms with Gasteiger partial charge in [0.15, 0.2) is 5.65 Å². The zero-order chi connectivity index (χ0) is 19.9. The summed E-state index contributed by atoms with van der Waals surface area (Å²) in [6.45, 7) is 10.9. The summed E-state index contributed by atoms with van der Waals surface area (Å²) in [5.41, 5.74) is 1.85. The largest absolute Gasteiger partial charge is 0.361 e. The third-order valence-electron chi connectivity index (χ3n) is 6.21. The highest BCUT2D eigenvalue weighted by atomic mass is 79.9. The van der Waals surface area contributed by atoms with Crippen molar-refractivity contribution in [2.24, 2.45) is 5.92 Å². The number of aromatic nitrogens is 3. The normalized spacial score (nSPS) is 25.5. The Labute approximate surface area is 178 Å². The van der Waals surface area contributed by atoms with Crippen molar-refractivity contribution in [3.8, 4) is 0 Å². The van der Waals surface area contributed by atoms with Gasteiger partial charge in [-0.05, 0) is 60.0 Å². The number of ether oxygens (including phenoxy) is 1. The van der Waals surface area contributed by atoms with E-state index in [9.17, 15) is 0 Å². The van der Waals surface area contributed by atoms with Crippen LogP contribution in [0.3, 0.4) is 0 Å². The summed E-state index contributed by atoms with van der Waals surface area (Å²) in [4.78, 5) is 12.4. The van der Waals surface area contributed by atoms with Crippen LogP contribution in [0.5, 0.6) is 0 Å². The van der Waals surface area contributed by atoms with Gasteiger partial charge in [0.1, 0.15) is 18.1 Å². The topological polar surface area (TPSA) is 43.2 Å². The predicted molar refractivity (Wildman–Crippen MR) is 122 cm³/mol. The minimum atomic E-state index is -1.07. The molecule has 4 heterocycles. The third-order valence-corrected chi connectivity index (χ3v) is 8.49. The van der Waals surface area contributed by atoms with Gasteiger partial charge in [0.25, 0.3) is 0 Å². The van der Waals surface area contributed by atoms with Crippen LogP contribution in [0.2, 0.25) is 25.7 Å². The molecule has 7 heteroatoms. The van der Waals surface area contributed by atoms with Crippen molar-refractivity contribution in [1.82, 2.24) is 14.5 Å². The molecule has 5 nitrogen and oxygen atoms in total. The Hall–Kier alpha value is -0.923. The number of fused-ring (bicyclic) bond motifs is 3. The molecule has 154 valence electrons. The first kappa shape index (κ1) is 20.4. The minimum absolute atomic E-state index is 0.536. The second-order valence-corrected chi connectivity index (χ2v) is 16.4. The Bertz CT molecular complexity index is 820. The molecule has 2 unspecified atom stereocenters. The maximum Gasteiger partial charge on any atom is 0.164 e. The average Bonchev–Trinajstić information content (AvgIpc) is 2.92. The molecule has 2 aromatic rings. The first-order valence-corrected chi connectivity index (χ1v) is 15.2. The SMILES string of the molecule is CC1CC2CCCC(C1)N2c1cnc2c(Br)cn(COCC[Si](C)(C)C)c2n1. The van der Waals surface area contributed by atoms with Gasteiger partial charge in [-0.1, -0.05) is 26.6 Å². The second kappa shape index (κ2) is 8.07. The molecule has 0 saturated carbocycles. The lowest BCUT2D eigenvalue weighted by atomic mass is 9.79. The zero-order valence-electron chi connectivity index (χ0n) is 17.6. The van der Waals surface area contributed by atoms with Crippen LogP contribution in [-0.2, 0) is 11.5 Å². The standard InChI is InChI=1S/C21H33BrN4OSi/c1-15-10-16-6-5-7-17(11-15)26(16)19-12-23-20-18(22)13-25(21(20)24-19)14-27-8-9-28(2,3)4/h12-13,15-17H,5-11,14H2,1-4H3. The van der Waals surface area contributed by atoms with Gasteiger partial charge in [-0.3, -0.25) is 0 Å². The highest BCUT2D eigenvalue weighted by Crippen LogP contribution is 2.39. The Morgan fingerprint density at radius 1 is 1.21 bits per heavy atom. The van der Waals surface area contributed by atoms with Gasteiger partial charge in [-0.15, -0.1) is 0 Å². The van der Waals surface area contributed by atoms with Crippen LogP contribution in [0.4, 0.5) is 5.82 Å². The molecule has 0 radical (unpaired) electrons. The number of hydrogen-bond acceptors (Lipinski definition) is 4. The van der Waals surface area contributed by atoms with Gasteiger partial charge in [0.2, 0.25) is 0 Å². The van der Waals surface area contributed by atoms with Crippen LogP contribution in [0.15, 0.2) is 16.9 Å². The molecule has 0 spiro atoms. The van der Waals surface area contributed by atoms with E-state index in [0.29, 0.717) is 18.8 Å². The summed E-state index contributed by atoms with van der Waals surface area (Å²) < 4.78 is 9.08. The molecule has 0 N–H and O–H groups in total. The predicted octanol–water partition coefficient (Wildman–Crippen LogP) is 5.66.